The van der Waals surface area contributed by atoms with Crippen LogP contribution in [0.1, 0.15) is 18.1 Å². The van der Waals surface area contributed by atoms with Gasteiger partial charge in [0.25, 0.3) is 5.91 Å². The van der Waals surface area contributed by atoms with Gasteiger partial charge in [0, 0.05) is 10.2 Å². The van der Waals surface area contributed by atoms with Crippen molar-refractivity contribution in [3.63, 3.8) is 0 Å². The van der Waals surface area contributed by atoms with Crippen molar-refractivity contribution in [2.45, 2.75) is 20.3 Å². The Morgan fingerprint density at radius 2 is 1.90 bits per heavy atom. The van der Waals surface area contributed by atoms with E-state index in [4.69, 9.17) is 4.74 Å². The molecule has 110 valence electrons. The van der Waals surface area contributed by atoms with Crippen molar-refractivity contribution < 1.29 is 9.53 Å². The molecule has 0 aliphatic carbocycles. The number of rotatable bonds is 5. The van der Waals surface area contributed by atoms with Crippen LogP contribution >= 0.6 is 15.9 Å². The van der Waals surface area contributed by atoms with E-state index in [1.165, 1.54) is 0 Å². The number of carbonyl (C=O) groups excluding carboxylic acids is 1. The molecular weight excluding hydrogens is 330 g/mol. The number of carbonyl (C=O) groups is 1. The van der Waals surface area contributed by atoms with Crippen LogP contribution in [-0.2, 0) is 11.2 Å². The van der Waals surface area contributed by atoms with Crippen LogP contribution in [0.2, 0.25) is 0 Å². The summed E-state index contributed by atoms with van der Waals surface area (Å²) in [5, 5.41) is 2.94. The highest BCUT2D eigenvalue weighted by Gasteiger charge is 2.09. The lowest BCUT2D eigenvalue weighted by Crippen LogP contribution is -2.21. The van der Waals surface area contributed by atoms with E-state index in [-0.39, 0.29) is 12.5 Å². The summed E-state index contributed by atoms with van der Waals surface area (Å²) in [6.45, 7) is 4.06. The summed E-state index contributed by atoms with van der Waals surface area (Å²) < 4.78 is 6.45. The summed E-state index contributed by atoms with van der Waals surface area (Å²) in [6.07, 6.45) is 0.880. The highest BCUT2D eigenvalue weighted by molar-refractivity contribution is 9.10. The number of hydrogen-bond donors (Lipinski definition) is 1. The van der Waals surface area contributed by atoms with Crippen LogP contribution in [0.15, 0.2) is 46.9 Å². The van der Waals surface area contributed by atoms with E-state index < -0.39 is 0 Å². The molecule has 1 N–H and O–H groups in total. The molecule has 2 aromatic rings. The molecule has 21 heavy (non-hydrogen) atoms. The maximum absolute atomic E-state index is 12.0. The number of amides is 1. The smallest absolute Gasteiger partial charge is 0.262 e. The molecule has 1 amide bonds. The summed E-state index contributed by atoms with van der Waals surface area (Å²) >= 11 is 3.36. The van der Waals surface area contributed by atoms with E-state index in [0.717, 1.165) is 27.7 Å². The number of para-hydroxylation sites is 1. The van der Waals surface area contributed by atoms with Crippen LogP contribution in [0.3, 0.4) is 0 Å². The van der Waals surface area contributed by atoms with Crippen molar-refractivity contribution in [1.29, 1.82) is 0 Å². The zero-order valence-electron chi connectivity index (χ0n) is 12.2. The third kappa shape index (κ3) is 4.33. The normalized spacial score (nSPS) is 10.2. The molecule has 0 unspecified atom stereocenters. The van der Waals surface area contributed by atoms with E-state index in [1.807, 2.05) is 49.4 Å². The molecule has 3 nitrogen and oxygen atoms in total. The maximum Gasteiger partial charge on any atom is 0.262 e. The number of aryl methyl sites for hydroxylation is 2. The summed E-state index contributed by atoms with van der Waals surface area (Å²) in [5.74, 6) is 0.524. The lowest BCUT2D eigenvalue weighted by atomic mass is 10.1. The van der Waals surface area contributed by atoms with Crippen LogP contribution in [0, 0.1) is 6.92 Å². The summed E-state index contributed by atoms with van der Waals surface area (Å²) in [7, 11) is 0. The van der Waals surface area contributed by atoms with E-state index in [0.29, 0.717) is 5.75 Å². The van der Waals surface area contributed by atoms with Gasteiger partial charge in [0.15, 0.2) is 6.61 Å². The fraction of sp³-hybridized carbons (Fsp3) is 0.235. The first-order valence-electron chi connectivity index (χ1n) is 6.87. The molecule has 0 aromatic heterocycles. The topological polar surface area (TPSA) is 38.3 Å². The van der Waals surface area contributed by atoms with Crippen LogP contribution in [0.4, 0.5) is 5.69 Å². The third-order valence-electron chi connectivity index (χ3n) is 3.19. The van der Waals surface area contributed by atoms with Crippen LogP contribution in [-0.4, -0.2) is 12.5 Å². The molecule has 4 heteroatoms. The Labute approximate surface area is 133 Å². The van der Waals surface area contributed by atoms with Gasteiger partial charge in [0.1, 0.15) is 5.75 Å². The molecule has 0 heterocycles. The second-order valence-electron chi connectivity index (χ2n) is 4.75. The Morgan fingerprint density at radius 3 is 2.57 bits per heavy atom. The van der Waals surface area contributed by atoms with Gasteiger partial charge in [-0.05, 0) is 48.7 Å². The van der Waals surface area contributed by atoms with Gasteiger partial charge in [-0.15, -0.1) is 0 Å². The van der Waals surface area contributed by atoms with Crippen molar-refractivity contribution >= 4 is 27.5 Å². The molecule has 0 spiro atoms. The van der Waals surface area contributed by atoms with Crippen molar-refractivity contribution in [2.75, 3.05) is 11.9 Å². The molecule has 2 aromatic carbocycles. The Balaban J connectivity index is 1.97. The summed E-state index contributed by atoms with van der Waals surface area (Å²) in [5.41, 5.74) is 3.09. The van der Waals surface area contributed by atoms with E-state index in [9.17, 15) is 4.79 Å². The van der Waals surface area contributed by atoms with Crippen LogP contribution in [0.5, 0.6) is 5.75 Å². The van der Waals surface area contributed by atoms with E-state index in [2.05, 4.69) is 28.2 Å². The zero-order valence-corrected chi connectivity index (χ0v) is 13.7. The second-order valence-corrected chi connectivity index (χ2v) is 5.67. The van der Waals surface area contributed by atoms with Crippen LogP contribution in [0.25, 0.3) is 0 Å². The predicted octanol–water partition coefficient (Wildman–Crippen LogP) is 4.34. The molecule has 0 fully saturated rings. The average molecular weight is 348 g/mol. The Hall–Kier alpha value is -1.81. The molecule has 0 radical (unpaired) electrons. The Kier molecular flexibility index (Phi) is 5.39. The number of nitrogens with one attached hydrogen (secondary N) is 1. The molecule has 2 rings (SSSR count). The number of hydrogen-bond acceptors (Lipinski definition) is 2. The molecule has 0 saturated carbocycles. The van der Waals surface area contributed by atoms with Gasteiger partial charge >= 0.3 is 0 Å². The first-order chi connectivity index (χ1) is 10.1. The first-order valence-corrected chi connectivity index (χ1v) is 7.66. The lowest BCUT2D eigenvalue weighted by Gasteiger charge is -2.13. The quantitative estimate of drug-likeness (QED) is 0.873. The van der Waals surface area contributed by atoms with Gasteiger partial charge in [-0.2, -0.15) is 0 Å². The van der Waals surface area contributed by atoms with Gasteiger partial charge < -0.3 is 10.1 Å². The van der Waals surface area contributed by atoms with Crippen molar-refractivity contribution in [2.24, 2.45) is 0 Å². The van der Waals surface area contributed by atoms with Crippen molar-refractivity contribution in [1.82, 2.24) is 0 Å². The molecule has 0 aliphatic heterocycles. The lowest BCUT2D eigenvalue weighted by molar-refractivity contribution is -0.118. The molecule has 0 saturated heterocycles. The Morgan fingerprint density at radius 1 is 1.19 bits per heavy atom. The maximum atomic E-state index is 12.0. The Bertz CT molecular complexity index is 623. The van der Waals surface area contributed by atoms with Gasteiger partial charge in [0.05, 0.1) is 0 Å². The van der Waals surface area contributed by atoms with Gasteiger partial charge in [-0.1, -0.05) is 41.1 Å². The van der Waals surface area contributed by atoms with E-state index >= 15 is 0 Å². The molecule has 0 atom stereocenters. The largest absolute Gasteiger partial charge is 0.484 e. The first kappa shape index (κ1) is 15.6. The van der Waals surface area contributed by atoms with Gasteiger partial charge in [-0.3, -0.25) is 4.79 Å². The summed E-state index contributed by atoms with van der Waals surface area (Å²) in [6, 6.07) is 13.4. The average Bonchev–Trinajstić information content (AvgIpc) is 2.49. The number of benzene rings is 2. The highest BCUT2D eigenvalue weighted by atomic mass is 79.9. The minimum Gasteiger partial charge on any atom is -0.484 e. The SMILES string of the molecule is CCc1cccc(C)c1NC(=O)COc1ccc(Br)cc1. The highest BCUT2D eigenvalue weighted by Crippen LogP contribution is 2.21. The number of anilines is 1. The van der Waals surface area contributed by atoms with Gasteiger partial charge in [-0.25, -0.2) is 0 Å². The minimum absolute atomic E-state index is 0.000872. The standard InChI is InChI=1S/C17H18BrNO2/c1-3-13-6-4-5-12(2)17(13)19-16(20)11-21-15-9-7-14(18)8-10-15/h4-10H,3,11H2,1-2H3,(H,19,20). The van der Waals surface area contributed by atoms with Crippen molar-refractivity contribution in [3.05, 3.63) is 58.1 Å². The van der Waals surface area contributed by atoms with E-state index in [1.54, 1.807) is 0 Å². The predicted molar refractivity (Wildman–Crippen MR) is 88.8 cm³/mol. The monoisotopic (exact) mass is 347 g/mol. The fourth-order valence-electron chi connectivity index (χ4n) is 2.06. The number of halogens is 1. The minimum atomic E-state index is -0.151. The molecule has 0 bridgehead atoms. The second kappa shape index (κ2) is 7.27. The van der Waals surface area contributed by atoms with Crippen LogP contribution < -0.4 is 10.1 Å². The third-order valence-corrected chi connectivity index (χ3v) is 3.72. The fourth-order valence-corrected chi connectivity index (χ4v) is 2.32. The molecular formula is C17H18BrNO2. The van der Waals surface area contributed by atoms with Crippen molar-refractivity contribution in [3.8, 4) is 5.75 Å². The zero-order chi connectivity index (χ0) is 15.2. The number of ether oxygens (including phenoxy) is 1. The molecule has 0 aliphatic rings. The summed E-state index contributed by atoms with van der Waals surface area (Å²) in [4.78, 5) is 12.0. The van der Waals surface area contributed by atoms with Gasteiger partial charge in [0.2, 0.25) is 0 Å².